The zero-order chi connectivity index (χ0) is 13.1. The summed E-state index contributed by atoms with van der Waals surface area (Å²) in [6.45, 7) is 4.44. The molecule has 2 unspecified atom stereocenters. The fourth-order valence-corrected chi connectivity index (χ4v) is 2.98. The quantitative estimate of drug-likeness (QED) is 0.893. The van der Waals surface area contributed by atoms with Gasteiger partial charge in [-0.1, -0.05) is 19.8 Å². The van der Waals surface area contributed by atoms with Crippen LogP contribution in [0.4, 0.5) is 11.6 Å². The van der Waals surface area contributed by atoms with Crippen LogP contribution in [0.2, 0.25) is 0 Å². The van der Waals surface area contributed by atoms with Gasteiger partial charge in [0.05, 0.1) is 0 Å². The van der Waals surface area contributed by atoms with Crippen LogP contribution in [0.3, 0.4) is 0 Å². The van der Waals surface area contributed by atoms with Crippen LogP contribution in [-0.2, 0) is 0 Å². The molecule has 100 valence electrons. The summed E-state index contributed by atoms with van der Waals surface area (Å²) in [6, 6.07) is 0.618. The van der Waals surface area contributed by atoms with Gasteiger partial charge in [0.2, 0.25) is 0 Å². The van der Waals surface area contributed by atoms with Gasteiger partial charge in [0.25, 0.3) is 0 Å². The normalized spacial score (nSPS) is 23.8. The molecule has 0 aliphatic heterocycles. The molecular formula is C14H24N4. The molecule has 1 aliphatic rings. The fourth-order valence-electron chi connectivity index (χ4n) is 2.98. The second-order valence-electron chi connectivity index (χ2n) is 5.46. The summed E-state index contributed by atoms with van der Waals surface area (Å²) < 4.78 is 0. The maximum Gasteiger partial charge on any atom is 0.137 e. The van der Waals surface area contributed by atoms with Crippen molar-refractivity contribution >= 4 is 11.6 Å². The molecular weight excluding hydrogens is 224 g/mol. The monoisotopic (exact) mass is 248 g/mol. The summed E-state index contributed by atoms with van der Waals surface area (Å²) >= 11 is 0. The Labute approximate surface area is 110 Å². The summed E-state index contributed by atoms with van der Waals surface area (Å²) in [5.74, 6) is 2.82. The average molecular weight is 248 g/mol. The Morgan fingerprint density at radius 2 is 2.11 bits per heavy atom. The number of aromatic nitrogens is 2. The molecule has 4 heteroatoms. The van der Waals surface area contributed by atoms with Crippen LogP contribution in [0.1, 0.15) is 38.2 Å². The predicted octanol–water partition coefficient (Wildman–Crippen LogP) is 2.84. The molecule has 1 saturated carbocycles. The standard InChI is InChI=1S/C14H24N4/c1-10-6-5-7-12(8-10)18(4)14-11(2)13(15-3)16-9-17-14/h9-10,12H,5-8H2,1-4H3,(H,15,16,17). The van der Waals surface area contributed by atoms with E-state index in [-0.39, 0.29) is 0 Å². The lowest BCUT2D eigenvalue weighted by atomic mass is 9.86. The van der Waals surface area contributed by atoms with Gasteiger partial charge in [-0.2, -0.15) is 0 Å². The number of rotatable bonds is 3. The molecule has 0 saturated heterocycles. The van der Waals surface area contributed by atoms with Gasteiger partial charge in [-0.15, -0.1) is 0 Å². The molecule has 1 aliphatic carbocycles. The van der Waals surface area contributed by atoms with E-state index < -0.39 is 0 Å². The van der Waals surface area contributed by atoms with Crippen LogP contribution >= 0.6 is 0 Å². The van der Waals surface area contributed by atoms with Crippen LogP contribution in [-0.4, -0.2) is 30.1 Å². The Morgan fingerprint density at radius 1 is 1.33 bits per heavy atom. The van der Waals surface area contributed by atoms with Crippen molar-refractivity contribution < 1.29 is 0 Å². The molecule has 0 spiro atoms. The second kappa shape index (κ2) is 5.55. The van der Waals surface area contributed by atoms with Crippen molar-refractivity contribution in [2.75, 3.05) is 24.3 Å². The van der Waals surface area contributed by atoms with Gasteiger partial charge in [-0.3, -0.25) is 0 Å². The molecule has 2 atom stereocenters. The Balaban J connectivity index is 2.20. The minimum absolute atomic E-state index is 0.618. The van der Waals surface area contributed by atoms with E-state index >= 15 is 0 Å². The molecule has 0 bridgehead atoms. The summed E-state index contributed by atoms with van der Waals surface area (Å²) in [7, 11) is 4.07. The highest BCUT2D eigenvalue weighted by Gasteiger charge is 2.24. The summed E-state index contributed by atoms with van der Waals surface area (Å²) in [5.41, 5.74) is 1.14. The van der Waals surface area contributed by atoms with E-state index in [1.54, 1.807) is 6.33 Å². The molecule has 1 heterocycles. The molecule has 2 rings (SSSR count). The largest absolute Gasteiger partial charge is 0.373 e. The number of hydrogen-bond acceptors (Lipinski definition) is 4. The van der Waals surface area contributed by atoms with Gasteiger partial charge >= 0.3 is 0 Å². The van der Waals surface area contributed by atoms with Crippen LogP contribution < -0.4 is 10.2 Å². The fraction of sp³-hybridized carbons (Fsp3) is 0.714. The molecule has 18 heavy (non-hydrogen) atoms. The molecule has 4 nitrogen and oxygen atoms in total. The van der Waals surface area contributed by atoms with Crippen LogP contribution in [0.5, 0.6) is 0 Å². The minimum atomic E-state index is 0.618. The van der Waals surface area contributed by atoms with Gasteiger partial charge < -0.3 is 10.2 Å². The Bertz CT molecular complexity index is 405. The van der Waals surface area contributed by atoms with Crippen LogP contribution in [0.25, 0.3) is 0 Å². The maximum absolute atomic E-state index is 4.46. The second-order valence-corrected chi connectivity index (χ2v) is 5.46. The molecule has 1 N–H and O–H groups in total. The smallest absolute Gasteiger partial charge is 0.137 e. The van der Waals surface area contributed by atoms with E-state index in [0.29, 0.717) is 6.04 Å². The van der Waals surface area contributed by atoms with E-state index in [9.17, 15) is 0 Å². The molecule has 0 amide bonds. The first kappa shape index (κ1) is 13.1. The van der Waals surface area contributed by atoms with Crippen molar-refractivity contribution in [3.63, 3.8) is 0 Å². The van der Waals surface area contributed by atoms with Gasteiger partial charge in [-0.25, -0.2) is 9.97 Å². The third kappa shape index (κ3) is 2.57. The molecule has 0 radical (unpaired) electrons. The van der Waals surface area contributed by atoms with Crippen LogP contribution in [0, 0.1) is 12.8 Å². The molecule has 1 fully saturated rings. The SMILES string of the molecule is CNc1ncnc(N(C)C2CCCC(C)C2)c1C. The minimum Gasteiger partial charge on any atom is -0.373 e. The zero-order valence-corrected chi connectivity index (χ0v) is 11.9. The first-order valence-corrected chi connectivity index (χ1v) is 6.85. The van der Waals surface area contributed by atoms with E-state index in [2.05, 4.69) is 41.1 Å². The third-order valence-corrected chi connectivity index (χ3v) is 4.08. The lowest BCUT2D eigenvalue weighted by Gasteiger charge is -2.35. The lowest BCUT2D eigenvalue weighted by Crippen LogP contribution is -2.36. The number of nitrogens with zero attached hydrogens (tertiary/aromatic N) is 3. The van der Waals surface area contributed by atoms with Crippen molar-refractivity contribution in [2.45, 2.75) is 45.6 Å². The Hall–Kier alpha value is -1.32. The topological polar surface area (TPSA) is 41.1 Å². The average Bonchev–Trinajstić information content (AvgIpc) is 2.38. The van der Waals surface area contributed by atoms with Gasteiger partial charge in [-0.05, 0) is 25.7 Å². The molecule has 1 aromatic heterocycles. The molecule has 0 aromatic carbocycles. The lowest BCUT2D eigenvalue weighted by molar-refractivity contribution is 0.335. The first-order valence-electron chi connectivity index (χ1n) is 6.85. The zero-order valence-electron chi connectivity index (χ0n) is 11.9. The predicted molar refractivity (Wildman–Crippen MR) is 76.1 cm³/mol. The summed E-state index contributed by atoms with van der Waals surface area (Å²) in [6.07, 6.45) is 6.90. The van der Waals surface area contributed by atoms with Gasteiger partial charge in [0.1, 0.15) is 18.0 Å². The number of anilines is 2. The Kier molecular flexibility index (Phi) is 4.04. The van der Waals surface area contributed by atoms with E-state index in [1.807, 2.05) is 7.05 Å². The van der Waals surface area contributed by atoms with Crippen molar-refractivity contribution in [2.24, 2.45) is 5.92 Å². The highest BCUT2D eigenvalue weighted by Crippen LogP contribution is 2.31. The van der Waals surface area contributed by atoms with Crippen molar-refractivity contribution in [3.8, 4) is 0 Å². The Morgan fingerprint density at radius 3 is 2.78 bits per heavy atom. The van der Waals surface area contributed by atoms with E-state index in [4.69, 9.17) is 0 Å². The highest BCUT2D eigenvalue weighted by atomic mass is 15.2. The maximum atomic E-state index is 4.46. The van der Waals surface area contributed by atoms with Gasteiger partial charge in [0, 0.05) is 25.7 Å². The highest BCUT2D eigenvalue weighted by molar-refractivity contribution is 5.57. The van der Waals surface area contributed by atoms with E-state index in [0.717, 1.165) is 23.1 Å². The third-order valence-electron chi connectivity index (χ3n) is 4.08. The first-order chi connectivity index (χ1) is 8.63. The van der Waals surface area contributed by atoms with Crippen molar-refractivity contribution in [3.05, 3.63) is 11.9 Å². The summed E-state index contributed by atoms with van der Waals surface area (Å²) in [5, 5.41) is 3.12. The van der Waals surface area contributed by atoms with Crippen LogP contribution in [0.15, 0.2) is 6.33 Å². The van der Waals surface area contributed by atoms with Crippen molar-refractivity contribution in [1.29, 1.82) is 0 Å². The van der Waals surface area contributed by atoms with Crippen molar-refractivity contribution in [1.82, 2.24) is 9.97 Å². The number of nitrogens with one attached hydrogen (secondary N) is 1. The number of hydrogen-bond donors (Lipinski definition) is 1. The van der Waals surface area contributed by atoms with Gasteiger partial charge in [0.15, 0.2) is 0 Å². The van der Waals surface area contributed by atoms with E-state index in [1.165, 1.54) is 25.7 Å². The molecule has 1 aromatic rings. The summed E-state index contributed by atoms with van der Waals surface area (Å²) in [4.78, 5) is 11.1.